The highest BCUT2D eigenvalue weighted by Crippen LogP contribution is 2.44. The van der Waals surface area contributed by atoms with Crippen molar-refractivity contribution in [3.05, 3.63) is 89.5 Å². The Morgan fingerprint density at radius 1 is 0.939 bits per heavy atom. The van der Waals surface area contributed by atoms with Gasteiger partial charge in [-0.15, -0.1) is 0 Å². The lowest BCUT2D eigenvalue weighted by Gasteiger charge is -2.18. The second-order valence-electron chi connectivity index (χ2n) is 8.58. The van der Waals surface area contributed by atoms with Gasteiger partial charge >= 0.3 is 12.1 Å². The third-order valence-corrected chi connectivity index (χ3v) is 7.47. The van der Waals surface area contributed by atoms with E-state index >= 15 is 0 Å². The van der Waals surface area contributed by atoms with E-state index in [9.17, 15) is 19.3 Å². The van der Waals surface area contributed by atoms with E-state index in [1.54, 1.807) is 37.6 Å². The SMILES string of the molecule is CP(C)(=O)c1ccc(CC(NC(=O)OCC2c3ccccc3-c3ccccc32)C(=O)O)cc1. The normalized spacial score (nSPS) is 13.6. The zero-order valence-electron chi connectivity index (χ0n) is 18.5. The first-order chi connectivity index (χ1) is 15.7. The van der Waals surface area contributed by atoms with Gasteiger partial charge in [0.25, 0.3) is 0 Å². The molecule has 170 valence electrons. The van der Waals surface area contributed by atoms with Crippen LogP contribution in [-0.2, 0) is 20.5 Å². The van der Waals surface area contributed by atoms with Crippen molar-refractivity contribution in [2.24, 2.45) is 0 Å². The van der Waals surface area contributed by atoms with Gasteiger partial charge in [-0.1, -0.05) is 72.8 Å². The fourth-order valence-corrected chi connectivity index (χ4v) is 5.08. The number of carboxylic acid groups (broad SMARTS) is 1. The fourth-order valence-electron chi connectivity index (χ4n) is 4.21. The van der Waals surface area contributed by atoms with E-state index in [2.05, 4.69) is 17.4 Å². The summed E-state index contributed by atoms with van der Waals surface area (Å²) >= 11 is 0. The van der Waals surface area contributed by atoms with E-state index in [0.717, 1.165) is 33.1 Å². The molecular formula is C26H26NO5P. The number of rotatable bonds is 7. The summed E-state index contributed by atoms with van der Waals surface area (Å²) in [5.41, 5.74) is 5.14. The summed E-state index contributed by atoms with van der Waals surface area (Å²) in [6.45, 7) is 3.48. The van der Waals surface area contributed by atoms with Crippen LogP contribution in [0.1, 0.15) is 22.6 Å². The maximum Gasteiger partial charge on any atom is 0.407 e. The van der Waals surface area contributed by atoms with Gasteiger partial charge in [0.1, 0.15) is 19.8 Å². The smallest absolute Gasteiger partial charge is 0.407 e. The molecule has 7 heteroatoms. The molecule has 1 unspecified atom stereocenters. The predicted octanol–water partition coefficient (Wildman–Crippen LogP) is 4.47. The number of amides is 1. The molecule has 0 aliphatic heterocycles. The molecule has 0 fully saturated rings. The van der Waals surface area contributed by atoms with Crippen LogP contribution in [0.2, 0.25) is 0 Å². The molecule has 3 aromatic rings. The number of hydrogen-bond acceptors (Lipinski definition) is 4. The van der Waals surface area contributed by atoms with E-state index in [0.29, 0.717) is 0 Å². The van der Waals surface area contributed by atoms with Crippen LogP contribution in [0.3, 0.4) is 0 Å². The van der Waals surface area contributed by atoms with E-state index in [4.69, 9.17) is 4.74 Å². The molecule has 1 aliphatic carbocycles. The highest BCUT2D eigenvalue weighted by Gasteiger charge is 2.29. The highest BCUT2D eigenvalue weighted by atomic mass is 31.2. The number of benzene rings is 3. The minimum Gasteiger partial charge on any atom is -0.480 e. The number of alkyl carbamates (subject to hydrolysis) is 1. The Hall–Kier alpha value is -3.37. The van der Waals surface area contributed by atoms with E-state index < -0.39 is 25.2 Å². The standard InChI is InChI=1S/C26H26NO5P/c1-33(2,31)18-13-11-17(12-14-18)15-24(25(28)29)27-26(30)32-16-23-21-9-5-3-7-19(21)20-8-4-6-10-22(20)23/h3-14,23-24H,15-16H2,1-2H3,(H,27,30)(H,28,29). The van der Waals surface area contributed by atoms with Crippen LogP contribution in [0.15, 0.2) is 72.8 Å². The Bertz CT molecular complexity index is 1190. The van der Waals surface area contributed by atoms with Crippen molar-refractivity contribution in [3.63, 3.8) is 0 Å². The van der Waals surface area contributed by atoms with Gasteiger partial charge in [0.2, 0.25) is 0 Å². The van der Waals surface area contributed by atoms with Crippen LogP contribution in [0.4, 0.5) is 4.79 Å². The van der Waals surface area contributed by atoms with Crippen molar-refractivity contribution in [1.82, 2.24) is 5.32 Å². The summed E-state index contributed by atoms with van der Waals surface area (Å²) < 4.78 is 17.6. The summed E-state index contributed by atoms with van der Waals surface area (Å²) in [7, 11) is -2.39. The molecule has 1 aliphatic rings. The molecule has 0 heterocycles. The van der Waals surface area contributed by atoms with Crippen molar-refractivity contribution in [2.45, 2.75) is 18.4 Å². The molecule has 0 aromatic heterocycles. The van der Waals surface area contributed by atoms with Crippen LogP contribution in [0.5, 0.6) is 0 Å². The molecule has 1 amide bonds. The lowest BCUT2D eigenvalue weighted by Crippen LogP contribution is -2.42. The molecule has 0 saturated carbocycles. The number of aliphatic carboxylic acids is 1. The van der Waals surface area contributed by atoms with Gasteiger partial charge in [-0.3, -0.25) is 0 Å². The third-order valence-electron chi connectivity index (χ3n) is 5.93. The average Bonchev–Trinajstić information content (AvgIpc) is 3.11. The number of ether oxygens (including phenoxy) is 1. The molecule has 0 saturated heterocycles. The zero-order valence-corrected chi connectivity index (χ0v) is 19.4. The summed E-state index contributed by atoms with van der Waals surface area (Å²) in [6, 6.07) is 21.9. The van der Waals surface area contributed by atoms with Crippen molar-refractivity contribution in [1.29, 1.82) is 0 Å². The average molecular weight is 463 g/mol. The first-order valence-corrected chi connectivity index (χ1v) is 13.3. The number of hydrogen-bond donors (Lipinski definition) is 2. The minimum atomic E-state index is -2.39. The molecule has 0 bridgehead atoms. The maximum absolute atomic E-state index is 12.5. The van der Waals surface area contributed by atoms with Gasteiger partial charge in [-0.2, -0.15) is 0 Å². The molecule has 0 radical (unpaired) electrons. The number of carbonyl (C=O) groups is 2. The largest absolute Gasteiger partial charge is 0.480 e. The Kier molecular flexibility index (Phi) is 6.39. The maximum atomic E-state index is 12.5. The molecular weight excluding hydrogens is 437 g/mol. The predicted molar refractivity (Wildman–Crippen MR) is 129 cm³/mol. The van der Waals surface area contributed by atoms with Crippen molar-refractivity contribution >= 4 is 24.5 Å². The van der Waals surface area contributed by atoms with Crippen LogP contribution in [0, 0.1) is 0 Å². The fraction of sp³-hybridized carbons (Fsp3) is 0.231. The van der Waals surface area contributed by atoms with Gasteiger partial charge < -0.3 is 19.7 Å². The molecule has 33 heavy (non-hydrogen) atoms. The van der Waals surface area contributed by atoms with Gasteiger partial charge in [-0.25, -0.2) is 9.59 Å². The molecule has 2 N–H and O–H groups in total. The lowest BCUT2D eigenvalue weighted by molar-refractivity contribution is -0.139. The van der Waals surface area contributed by atoms with E-state index in [1.165, 1.54) is 0 Å². The molecule has 4 rings (SSSR count). The number of fused-ring (bicyclic) bond motifs is 3. The van der Waals surface area contributed by atoms with Crippen LogP contribution >= 0.6 is 7.14 Å². The van der Waals surface area contributed by atoms with Crippen LogP contribution in [0.25, 0.3) is 11.1 Å². The third kappa shape index (κ3) is 5.01. The molecule has 6 nitrogen and oxygen atoms in total. The minimum absolute atomic E-state index is 0.0948. The Balaban J connectivity index is 1.41. The van der Waals surface area contributed by atoms with E-state index in [1.807, 2.05) is 36.4 Å². The first-order valence-electron chi connectivity index (χ1n) is 10.7. The van der Waals surface area contributed by atoms with Crippen LogP contribution in [-0.4, -0.2) is 43.1 Å². The van der Waals surface area contributed by atoms with Gasteiger partial charge in [0.15, 0.2) is 0 Å². The second kappa shape index (κ2) is 9.24. The van der Waals surface area contributed by atoms with Gasteiger partial charge in [0, 0.05) is 17.6 Å². The second-order valence-corrected chi connectivity index (χ2v) is 11.8. The van der Waals surface area contributed by atoms with E-state index in [-0.39, 0.29) is 18.9 Å². The number of carbonyl (C=O) groups excluding carboxylic acids is 1. The summed E-state index contributed by atoms with van der Waals surface area (Å²) in [5.74, 6) is -1.25. The van der Waals surface area contributed by atoms with Crippen molar-refractivity contribution in [3.8, 4) is 11.1 Å². The zero-order chi connectivity index (χ0) is 23.6. The summed E-state index contributed by atoms with van der Waals surface area (Å²) in [4.78, 5) is 24.2. The Morgan fingerprint density at radius 3 is 2.00 bits per heavy atom. The lowest BCUT2D eigenvalue weighted by atomic mass is 9.98. The van der Waals surface area contributed by atoms with Crippen molar-refractivity contribution in [2.75, 3.05) is 19.9 Å². The highest BCUT2D eigenvalue weighted by molar-refractivity contribution is 7.70. The summed E-state index contributed by atoms with van der Waals surface area (Å²) in [5, 5.41) is 12.8. The van der Waals surface area contributed by atoms with Crippen LogP contribution < -0.4 is 10.6 Å². The van der Waals surface area contributed by atoms with Gasteiger partial charge in [0.05, 0.1) is 0 Å². The molecule has 1 atom stereocenters. The number of nitrogens with one attached hydrogen (secondary N) is 1. The monoisotopic (exact) mass is 463 g/mol. The number of carboxylic acids is 1. The van der Waals surface area contributed by atoms with Gasteiger partial charge in [-0.05, 0) is 41.1 Å². The Labute approximate surface area is 193 Å². The first kappa shape index (κ1) is 22.8. The molecule has 0 spiro atoms. The topological polar surface area (TPSA) is 92.7 Å². The summed E-state index contributed by atoms with van der Waals surface area (Å²) in [6.07, 6.45) is -0.676. The Morgan fingerprint density at radius 2 is 1.48 bits per heavy atom. The quantitative estimate of drug-likeness (QED) is 0.505. The van der Waals surface area contributed by atoms with Crippen molar-refractivity contribution < 1.29 is 24.0 Å². The molecule has 3 aromatic carbocycles.